The summed E-state index contributed by atoms with van der Waals surface area (Å²) >= 11 is 0. The Bertz CT molecular complexity index is 314. The van der Waals surface area contributed by atoms with E-state index in [0.29, 0.717) is 19.1 Å². The van der Waals surface area contributed by atoms with Crippen molar-refractivity contribution in [2.45, 2.75) is 45.6 Å². The molecule has 0 radical (unpaired) electrons. The van der Waals surface area contributed by atoms with Crippen LogP contribution in [0.25, 0.3) is 0 Å². The molecule has 0 aliphatic rings. The fourth-order valence-corrected chi connectivity index (χ4v) is 1.92. The highest BCUT2D eigenvalue weighted by Gasteiger charge is 2.22. The van der Waals surface area contributed by atoms with E-state index in [0.717, 1.165) is 24.7 Å². The summed E-state index contributed by atoms with van der Waals surface area (Å²) in [5, 5.41) is 7.37. The number of hydrogen-bond donors (Lipinski definition) is 1. The molecule has 1 aromatic rings. The molecule has 0 bridgehead atoms. The number of hydrogen-bond acceptors (Lipinski definition) is 5. The Morgan fingerprint density at radius 1 is 1.41 bits per heavy atom. The SMILES string of the molecule is CCNC(C)C(CC)c1nc(CCOC)no1. The highest BCUT2D eigenvalue weighted by Crippen LogP contribution is 2.21. The zero-order valence-corrected chi connectivity index (χ0v) is 11.2. The lowest BCUT2D eigenvalue weighted by Crippen LogP contribution is -2.31. The van der Waals surface area contributed by atoms with Gasteiger partial charge < -0.3 is 14.6 Å². The number of rotatable bonds is 8. The van der Waals surface area contributed by atoms with E-state index in [1.165, 1.54) is 0 Å². The van der Waals surface area contributed by atoms with Crippen LogP contribution in [-0.4, -0.2) is 36.4 Å². The van der Waals surface area contributed by atoms with Crippen LogP contribution in [0.5, 0.6) is 0 Å². The third-order valence-electron chi connectivity index (χ3n) is 2.90. The zero-order chi connectivity index (χ0) is 12.7. The molecule has 0 fully saturated rings. The van der Waals surface area contributed by atoms with Crippen molar-refractivity contribution in [1.29, 1.82) is 0 Å². The summed E-state index contributed by atoms with van der Waals surface area (Å²) in [6.45, 7) is 7.95. The van der Waals surface area contributed by atoms with E-state index in [4.69, 9.17) is 9.26 Å². The molecule has 5 heteroatoms. The average molecular weight is 241 g/mol. The van der Waals surface area contributed by atoms with Crippen LogP contribution in [0.4, 0.5) is 0 Å². The number of nitrogens with zero attached hydrogens (tertiary/aromatic N) is 2. The van der Waals surface area contributed by atoms with Crippen molar-refractivity contribution in [2.75, 3.05) is 20.3 Å². The third-order valence-corrected chi connectivity index (χ3v) is 2.90. The van der Waals surface area contributed by atoms with Crippen LogP contribution in [0, 0.1) is 0 Å². The second kappa shape index (κ2) is 7.40. The van der Waals surface area contributed by atoms with Gasteiger partial charge in [0.2, 0.25) is 5.89 Å². The number of aromatic nitrogens is 2. The average Bonchev–Trinajstić information content (AvgIpc) is 2.76. The summed E-state index contributed by atoms with van der Waals surface area (Å²) in [7, 11) is 1.67. The molecule has 2 unspecified atom stereocenters. The number of nitrogens with one attached hydrogen (secondary N) is 1. The van der Waals surface area contributed by atoms with Crippen LogP contribution >= 0.6 is 0 Å². The van der Waals surface area contributed by atoms with Gasteiger partial charge in [0.05, 0.1) is 12.5 Å². The maximum Gasteiger partial charge on any atom is 0.231 e. The smallest absolute Gasteiger partial charge is 0.231 e. The Hall–Kier alpha value is -0.940. The molecule has 0 aliphatic carbocycles. The van der Waals surface area contributed by atoms with Crippen LogP contribution < -0.4 is 5.32 Å². The minimum Gasteiger partial charge on any atom is -0.384 e. The van der Waals surface area contributed by atoms with Crippen molar-refractivity contribution >= 4 is 0 Å². The second-order valence-electron chi connectivity index (χ2n) is 4.15. The van der Waals surface area contributed by atoms with Crippen LogP contribution in [0.3, 0.4) is 0 Å². The van der Waals surface area contributed by atoms with Crippen LogP contribution in [0.2, 0.25) is 0 Å². The highest BCUT2D eigenvalue weighted by atomic mass is 16.5. The molecule has 5 nitrogen and oxygen atoms in total. The predicted octanol–water partition coefficient (Wildman–Crippen LogP) is 1.75. The van der Waals surface area contributed by atoms with Gasteiger partial charge in [-0.1, -0.05) is 19.0 Å². The first kappa shape index (κ1) is 14.1. The molecule has 0 saturated heterocycles. The second-order valence-corrected chi connectivity index (χ2v) is 4.15. The Kier molecular flexibility index (Phi) is 6.15. The Labute approximate surface area is 103 Å². The quantitative estimate of drug-likeness (QED) is 0.751. The van der Waals surface area contributed by atoms with E-state index in [2.05, 4.69) is 36.2 Å². The molecule has 0 saturated carbocycles. The van der Waals surface area contributed by atoms with Gasteiger partial charge in [0.25, 0.3) is 0 Å². The molecular formula is C12H23N3O2. The third kappa shape index (κ3) is 4.09. The maximum absolute atomic E-state index is 5.33. The molecule has 0 amide bonds. The van der Waals surface area contributed by atoms with Crippen molar-refractivity contribution < 1.29 is 9.26 Å². The Balaban J connectivity index is 2.65. The molecule has 0 aromatic carbocycles. The number of methoxy groups -OCH3 is 1. The summed E-state index contributed by atoms with van der Waals surface area (Å²) in [5.74, 6) is 1.73. The summed E-state index contributed by atoms with van der Waals surface area (Å²) < 4.78 is 10.3. The van der Waals surface area contributed by atoms with Crippen molar-refractivity contribution in [1.82, 2.24) is 15.5 Å². The van der Waals surface area contributed by atoms with E-state index in [1.54, 1.807) is 7.11 Å². The molecule has 0 spiro atoms. The monoisotopic (exact) mass is 241 g/mol. The zero-order valence-electron chi connectivity index (χ0n) is 11.2. The van der Waals surface area contributed by atoms with Gasteiger partial charge in [-0.3, -0.25) is 0 Å². The maximum atomic E-state index is 5.33. The van der Waals surface area contributed by atoms with Gasteiger partial charge in [-0.2, -0.15) is 4.98 Å². The first-order valence-corrected chi connectivity index (χ1v) is 6.27. The van der Waals surface area contributed by atoms with E-state index >= 15 is 0 Å². The molecule has 98 valence electrons. The summed E-state index contributed by atoms with van der Waals surface area (Å²) in [5.41, 5.74) is 0. The van der Waals surface area contributed by atoms with E-state index < -0.39 is 0 Å². The van der Waals surface area contributed by atoms with Gasteiger partial charge in [-0.25, -0.2) is 0 Å². The topological polar surface area (TPSA) is 60.2 Å². The van der Waals surface area contributed by atoms with Gasteiger partial charge in [0.15, 0.2) is 5.82 Å². The molecule has 1 heterocycles. The largest absolute Gasteiger partial charge is 0.384 e. The van der Waals surface area contributed by atoms with E-state index in [-0.39, 0.29) is 5.92 Å². The van der Waals surface area contributed by atoms with Crippen LogP contribution in [0.15, 0.2) is 4.52 Å². The van der Waals surface area contributed by atoms with Crippen LogP contribution in [-0.2, 0) is 11.2 Å². The van der Waals surface area contributed by atoms with Gasteiger partial charge in [-0.05, 0) is 19.9 Å². The first-order chi connectivity index (χ1) is 8.22. The molecule has 2 atom stereocenters. The minimum absolute atomic E-state index is 0.277. The molecule has 17 heavy (non-hydrogen) atoms. The van der Waals surface area contributed by atoms with Gasteiger partial charge in [0.1, 0.15) is 0 Å². The first-order valence-electron chi connectivity index (χ1n) is 6.27. The van der Waals surface area contributed by atoms with E-state index in [9.17, 15) is 0 Å². The highest BCUT2D eigenvalue weighted by molar-refractivity contribution is 4.98. The van der Waals surface area contributed by atoms with Gasteiger partial charge >= 0.3 is 0 Å². The van der Waals surface area contributed by atoms with Crippen molar-refractivity contribution in [3.8, 4) is 0 Å². The van der Waals surface area contributed by atoms with Crippen LogP contribution in [0.1, 0.15) is 44.8 Å². The Morgan fingerprint density at radius 3 is 2.76 bits per heavy atom. The molecule has 1 rings (SSSR count). The van der Waals surface area contributed by atoms with Gasteiger partial charge in [-0.15, -0.1) is 0 Å². The molecule has 1 N–H and O–H groups in total. The fraction of sp³-hybridized carbons (Fsp3) is 0.833. The number of likely N-dealkylation sites (N-methyl/N-ethyl adjacent to an activating group) is 1. The predicted molar refractivity (Wildman–Crippen MR) is 66.0 cm³/mol. The van der Waals surface area contributed by atoms with E-state index in [1.807, 2.05) is 0 Å². The van der Waals surface area contributed by atoms with Gasteiger partial charge in [0, 0.05) is 19.6 Å². The number of ether oxygens (including phenoxy) is 1. The van der Waals surface area contributed by atoms with Crippen molar-refractivity contribution in [2.24, 2.45) is 0 Å². The normalized spacial score (nSPS) is 14.8. The van der Waals surface area contributed by atoms with Crippen molar-refractivity contribution in [3.05, 3.63) is 11.7 Å². The minimum atomic E-state index is 0.277. The lowest BCUT2D eigenvalue weighted by atomic mass is 9.98. The molecular weight excluding hydrogens is 218 g/mol. The summed E-state index contributed by atoms with van der Waals surface area (Å²) in [4.78, 5) is 4.42. The molecule has 0 aliphatic heterocycles. The standard InChI is InChI=1S/C12H23N3O2/c1-5-10(9(3)13-6-2)12-14-11(15-17-12)7-8-16-4/h9-10,13H,5-8H2,1-4H3. The lowest BCUT2D eigenvalue weighted by molar-refractivity contribution is 0.199. The molecule has 1 aromatic heterocycles. The summed E-state index contributed by atoms with van der Waals surface area (Å²) in [6, 6.07) is 0.348. The lowest BCUT2D eigenvalue weighted by Gasteiger charge is -2.19. The Morgan fingerprint density at radius 2 is 2.18 bits per heavy atom. The fourth-order valence-electron chi connectivity index (χ4n) is 1.92. The summed E-state index contributed by atoms with van der Waals surface area (Å²) in [6.07, 6.45) is 1.69. The van der Waals surface area contributed by atoms with Crippen molar-refractivity contribution in [3.63, 3.8) is 0 Å².